The van der Waals surface area contributed by atoms with Crippen LogP contribution in [0, 0.1) is 0 Å². The molecule has 1 aliphatic heterocycles. The molecule has 6 heteroatoms. The predicted octanol–water partition coefficient (Wildman–Crippen LogP) is 5.63. The molecule has 1 heterocycles. The summed E-state index contributed by atoms with van der Waals surface area (Å²) in [5.74, 6) is 0.866. The number of hydrogen-bond donors (Lipinski definition) is 0. The van der Waals surface area contributed by atoms with Crippen LogP contribution in [0.1, 0.15) is 46.5 Å². The maximum atomic E-state index is 12.7. The molecule has 1 unspecified atom stereocenters. The zero-order chi connectivity index (χ0) is 25.1. The summed E-state index contributed by atoms with van der Waals surface area (Å²) in [6.45, 7) is 9.09. The number of methoxy groups -OCH3 is 1. The lowest BCUT2D eigenvalue weighted by Gasteiger charge is -2.40. The Morgan fingerprint density at radius 2 is 1.43 bits per heavy atom. The van der Waals surface area contributed by atoms with E-state index in [0.717, 1.165) is 51.1 Å². The van der Waals surface area contributed by atoms with E-state index in [1.54, 1.807) is 7.11 Å². The van der Waals surface area contributed by atoms with Crippen molar-refractivity contribution in [3.8, 4) is 5.75 Å². The van der Waals surface area contributed by atoms with Crippen molar-refractivity contribution in [3.63, 3.8) is 0 Å². The van der Waals surface area contributed by atoms with Gasteiger partial charge in [-0.3, -0.25) is 0 Å². The van der Waals surface area contributed by atoms with E-state index < -0.39 is 5.60 Å². The highest BCUT2D eigenvalue weighted by molar-refractivity contribution is 5.69. The van der Waals surface area contributed by atoms with Crippen molar-refractivity contribution in [2.45, 2.75) is 70.2 Å². The average molecular weight is 483 g/mol. The normalized spacial score (nSPS) is 17.6. The summed E-state index contributed by atoms with van der Waals surface area (Å²) >= 11 is 0. The van der Waals surface area contributed by atoms with Gasteiger partial charge in [0.05, 0.1) is 0 Å². The lowest BCUT2D eigenvalue weighted by molar-refractivity contribution is -0.00363. The topological polar surface area (TPSA) is 51.2 Å². The second-order valence-corrected chi connectivity index (χ2v) is 10.3. The Balaban J connectivity index is 0.000000497. The van der Waals surface area contributed by atoms with Gasteiger partial charge in [-0.1, -0.05) is 54.6 Å². The van der Waals surface area contributed by atoms with E-state index in [4.69, 9.17) is 14.2 Å². The van der Waals surface area contributed by atoms with Crippen LogP contribution in [0.15, 0.2) is 66.7 Å². The summed E-state index contributed by atoms with van der Waals surface area (Å²) in [5.41, 5.74) is -0.449. The second-order valence-electron chi connectivity index (χ2n) is 10.3. The molecule has 1 amide bonds. The molecule has 1 saturated heterocycles. The molecule has 192 valence electrons. The van der Waals surface area contributed by atoms with Crippen molar-refractivity contribution in [3.05, 3.63) is 66.7 Å². The number of likely N-dealkylation sites (tertiary alicyclic amines) is 1. The molecule has 1 atom stereocenters. The molecule has 0 N–H and O–H groups in total. The van der Waals surface area contributed by atoms with Crippen molar-refractivity contribution in [1.29, 1.82) is 0 Å². The van der Waals surface area contributed by atoms with Crippen LogP contribution in [0.5, 0.6) is 5.75 Å². The maximum Gasteiger partial charge on any atom is 0.410 e. The summed E-state index contributed by atoms with van der Waals surface area (Å²) < 4.78 is 17.2. The highest BCUT2D eigenvalue weighted by atomic mass is 16.6. The molecule has 2 aliphatic rings. The van der Waals surface area contributed by atoms with Crippen LogP contribution in [0.4, 0.5) is 4.79 Å². The first-order chi connectivity index (χ1) is 16.9. The molecular formula is C29H42N2O4. The van der Waals surface area contributed by atoms with E-state index in [0.29, 0.717) is 12.6 Å². The average Bonchev–Trinajstić information content (AvgIpc) is 3.69. The van der Waals surface area contributed by atoms with Crippen LogP contribution in [0.3, 0.4) is 0 Å². The minimum Gasteiger partial charge on any atom is -0.491 e. The second kappa shape index (κ2) is 13.5. The van der Waals surface area contributed by atoms with Crippen molar-refractivity contribution in [2.75, 3.05) is 33.4 Å². The van der Waals surface area contributed by atoms with Crippen molar-refractivity contribution >= 4 is 6.09 Å². The molecule has 0 radical (unpaired) electrons. The van der Waals surface area contributed by atoms with Gasteiger partial charge in [0, 0.05) is 38.8 Å². The van der Waals surface area contributed by atoms with Crippen LogP contribution in [-0.2, 0) is 9.47 Å². The van der Waals surface area contributed by atoms with E-state index >= 15 is 0 Å². The number of nitrogens with zero attached hydrogens (tertiary/aromatic N) is 2. The molecule has 2 fully saturated rings. The summed E-state index contributed by atoms with van der Waals surface area (Å²) in [4.78, 5) is 17.2. The number of benzene rings is 2. The molecule has 0 bridgehead atoms. The third kappa shape index (κ3) is 9.90. The number of hydrogen-bond acceptors (Lipinski definition) is 5. The molecule has 2 aromatic carbocycles. The van der Waals surface area contributed by atoms with E-state index in [9.17, 15) is 4.79 Å². The first kappa shape index (κ1) is 27.0. The lowest BCUT2D eigenvalue weighted by Crippen LogP contribution is -2.51. The van der Waals surface area contributed by atoms with Crippen LogP contribution in [0.25, 0.3) is 0 Å². The van der Waals surface area contributed by atoms with E-state index in [2.05, 4.69) is 4.90 Å². The van der Waals surface area contributed by atoms with E-state index in [1.165, 1.54) is 0 Å². The van der Waals surface area contributed by atoms with Gasteiger partial charge in [0.1, 0.15) is 24.1 Å². The zero-order valence-corrected chi connectivity index (χ0v) is 21.8. The fourth-order valence-corrected chi connectivity index (χ4v) is 4.22. The molecule has 0 aromatic heterocycles. The van der Waals surface area contributed by atoms with Crippen LogP contribution in [-0.4, -0.2) is 73.0 Å². The minimum atomic E-state index is -0.449. The number of amides is 1. The molecule has 1 saturated carbocycles. The number of carbonyl (C=O) groups is 1. The van der Waals surface area contributed by atoms with Crippen molar-refractivity contribution < 1.29 is 19.0 Å². The van der Waals surface area contributed by atoms with Gasteiger partial charge in [-0.25, -0.2) is 4.79 Å². The van der Waals surface area contributed by atoms with Gasteiger partial charge in [0.2, 0.25) is 0 Å². The Bertz CT molecular complexity index is 817. The Labute approximate surface area is 211 Å². The van der Waals surface area contributed by atoms with Gasteiger partial charge in [0.15, 0.2) is 0 Å². The minimum absolute atomic E-state index is 0.0251. The highest BCUT2D eigenvalue weighted by Crippen LogP contribution is 2.33. The highest BCUT2D eigenvalue weighted by Gasteiger charge is 2.40. The number of rotatable bonds is 8. The molecule has 1 aliphatic carbocycles. The van der Waals surface area contributed by atoms with Gasteiger partial charge < -0.3 is 24.0 Å². The van der Waals surface area contributed by atoms with Crippen molar-refractivity contribution in [1.82, 2.24) is 9.80 Å². The van der Waals surface area contributed by atoms with E-state index in [1.807, 2.05) is 92.4 Å². The largest absolute Gasteiger partial charge is 0.491 e. The summed E-state index contributed by atoms with van der Waals surface area (Å²) in [7, 11) is 1.74. The maximum absolute atomic E-state index is 12.7. The monoisotopic (exact) mass is 482 g/mol. The van der Waals surface area contributed by atoms with Gasteiger partial charge >= 0.3 is 6.09 Å². The standard InChI is InChI=1S/C23H36N2O4.C6H6/c1-23(2,3)29-22(26)25(18-10-11-18)19-12-14-24(15-13-19)16-21(27-4)17-28-20-8-6-5-7-9-20;1-2-4-6-5-3-1/h5-9,18-19,21H,10-17H2,1-4H3;1-6H. The predicted molar refractivity (Wildman–Crippen MR) is 140 cm³/mol. The van der Waals surface area contributed by atoms with Gasteiger partial charge in [-0.2, -0.15) is 0 Å². The molecule has 4 rings (SSSR count). The molecule has 2 aromatic rings. The van der Waals surface area contributed by atoms with Crippen LogP contribution >= 0.6 is 0 Å². The number of carbonyl (C=O) groups excluding carboxylic acids is 1. The quantitative estimate of drug-likeness (QED) is 0.488. The van der Waals surface area contributed by atoms with Gasteiger partial charge in [-0.05, 0) is 58.6 Å². The Hall–Kier alpha value is -2.57. The Morgan fingerprint density at radius 3 is 1.91 bits per heavy atom. The molecule has 6 nitrogen and oxygen atoms in total. The molecule has 0 spiro atoms. The number of ether oxygens (including phenoxy) is 3. The number of para-hydroxylation sites is 1. The third-order valence-corrected chi connectivity index (χ3v) is 6.14. The van der Waals surface area contributed by atoms with Crippen molar-refractivity contribution in [2.24, 2.45) is 0 Å². The number of piperidine rings is 1. The van der Waals surface area contributed by atoms with Gasteiger partial charge in [0.25, 0.3) is 0 Å². The lowest BCUT2D eigenvalue weighted by atomic mass is 10.0. The molecular weight excluding hydrogens is 440 g/mol. The smallest absolute Gasteiger partial charge is 0.410 e. The molecule has 35 heavy (non-hydrogen) atoms. The third-order valence-electron chi connectivity index (χ3n) is 6.14. The first-order valence-corrected chi connectivity index (χ1v) is 12.8. The first-order valence-electron chi connectivity index (χ1n) is 12.8. The van der Waals surface area contributed by atoms with Crippen LogP contribution in [0.2, 0.25) is 0 Å². The van der Waals surface area contributed by atoms with Crippen LogP contribution < -0.4 is 4.74 Å². The fraction of sp³-hybridized carbons (Fsp3) is 0.552. The zero-order valence-electron chi connectivity index (χ0n) is 21.8. The summed E-state index contributed by atoms with van der Waals surface area (Å²) in [5, 5.41) is 0. The van der Waals surface area contributed by atoms with E-state index in [-0.39, 0.29) is 18.2 Å². The summed E-state index contributed by atoms with van der Waals surface area (Å²) in [6, 6.07) is 22.5. The van der Waals surface area contributed by atoms with Gasteiger partial charge in [-0.15, -0.1) is 0 Å². The Morgan fingerprint density at radius 1 is 0.914 bits per heavy atom. The SMILES string of the molecule is COC(COc1ccccc1)CN1CCC(N(C(=O)OC(C)(C)C)C2CC2)CC1.c1ccccc1. The Kier molecular flexibility index (Phi) is 10.4. The summed E-state index contributed by atoms with van der Waals surface area (Å²) in [6.07, 6.45) is 4.03. The fourth-order valence-electron chi connectivity index (χ4n) is 4.22.